The number of anilines is 1. The number of nitrogens with zero attached hydrogens (tertiary/aromatic N) is 1. The van der Waals surface area contributed by atoms with Gasteiger partial charge in [0.05, 0.1) is 11.0 Å². The summed E-state index contributed by atoms with van der Waals surface area (Å²) in [5.74, 6) is -0.150. The zero-order valence-corrected chi connectivity index (χ0v) is 15.8. The fraction of sp³-hybridized carbons (Fsp3) is 0.286. The van der Waals surface area contributed by atoms with Crippen molar-refractivity contribution in [2.24, 2.45) is 0 Å². The Morgan fingerprint density at radius 2 is 1.93 bits per heavy atom. The molecule has 1 atom stereocenters. The third kappa shape index (κ3) is 4.34. The molecule has 0 aliphatic rings. The highest BCUT2D eigenvalue weighted by Gasteiger charge is 2.22. The predicted molar refractivity (Wildman–Crippen MR) is 107 cm³/mol. The number of aryl methyl sites for hydroxylation is 2. The number of carbonyl (C=O) groups is 2. The smallest absolute Gasteiger partial charge is 0.252 e. The number of nitrogens with one attached hydrogen (secondary N) is 3. The van der Waals surface area contributed by atoms with Gasteiger partial charge in [-0.15, -0.1) is 0 Å². The maximum absolute atomic E-state index is 12.7. The lowest BCUT2D eigenvalue weighted by atomic mass is 10.0. The number of imidazole rings is 1. The van der Waals surface area contributed by atoms with Crippen molar-refractivity contribution in [2.45, 2.75) is 39.7 Å². The van der Waals surface area contributed by atoms with Crippen LogP contribution in [-0.2, 0) is 4.79 Å². The van der Waals surface area contributed by atoms with E-state index in [1.165, 1.54) is 0 Å². The number of H-pyrrole nitrogens is 1. The highest BCUT2D eigenvalue weighted by molar-refractivity contribution is 6.01. The highest BCUT2D eigenvalue weighted by Crippen LogP contribution is 2.15. The molecular weight excluding hydrogens is 340 g/mol. The van der Waals surface area contributed by atoms with Crippen LogP contribution < -0.4 is 10.6 Å². The van der Waals surface area contributed by atoms with E-state index in [1.54, 1.807) is 6.07 Å². The van der Waals surface area contributed by atoms with Crippen LogP contribution in [0.3, 0.4) is 0 Å². The molecule has 0 bridgehead atoms. The van der Waals surface area contributed by atoms with Crippen molar-refractivity contribution in [3.63, 3.8) is 0 Å². The lowest BCUT2D eigenvalue weighted by Crippen LogP contribution is -2.44. The van der Waals surface area contributed by atoms with Gasteiger partial charge in [-0.3, -0.25) is 14.9 Å². The van der Waals surface area contributed by atoms with Gasteiger partial charge >= 0.3 is 0 Å². The summed E-state index contributed by atoms with van der Waals surface area (Å²) in [7, 11) is 0. The molecule has 0 radical (unpaired) electrons. The van der Waals surface area contributed by atoms with Gasteiger partial charge in [-0.2, -0.15) is 0 Å². The van der Waals surface area contributed by atoms with Crippen molar-refractivity contribution in [3.8, 4) is 0 Å². The first kappa shape index (κ1) is 18.6. The average molecular weight is 364 g/mol. The maximum Gasteiger partial charge on any atom is 0.252 e. The van der Waals surface area contributed by atoms with Crippen LogP contribution in [-0.4, -0.2) is 27.8 Å². The number of fused-ring (bicyclic) bond motifs is 1. The van der Waals surface area contributed by atoms with Gasteiger partial charge < -0.3 is 10.3 Å². The largest absolute Gasteiger partial charge is 0.340 e. The molecule has 6 nitrogen and oxygen atoms in total. The van der Waals surface area contributed by atoms with Crippen LogP contribution in [0.25, 0.3) is 11.0 Å². The number of benzene rings is 2. The van der Waals surface area contributed by atoms with E-state index in [2.05, 4.69) is 20.6 Å². The summed E-state index contributed by atoms with van der Waals surface area (Å²) in [4.78, 5) is 32.8. The summed E-state index contributed by atoms with van der Waals surface area (Å²) in [6.45, 7) is 5.85. The molecule has 1 aromatic heterocycles. The Balaban J connectivity index is 1.73. The topological polar surface area (TPSA) is 86.9 Å². The van der Waals surface area contributed by atoms with Crippen molar-refractivity contribution < 1.29 is 9.59 Å². The summed E-state index contributed by atoms with van der Waals surface area (Å²) in [6.07, 6.45) is 1.31. The molecule has 3 rings (SSSR count). The fourth-order valence-electron chi connectivity index (χ4n) is 3.08. The van der Waals surface area contributed by atoms with E-state index in [4.69, 9.17) is 0 Å². The fourth-order valence-corrected chi connectivity index (χ4v) is 3.08. The number of amides is 2. The van der Waals surface area contributed by atoms with Crippen molar-refractivity contribution in [2.75, 3.05) is 5.32 Å². The number of hydrogen-bond donors (Lipinski definition) is 3. The van der Waals surface area contributed by atoms with Crippen LogP contribution in [0.15, 0.2) is 42.5 Å². The zero-order valence-electron chi connectivity index (χ0n) is 15.8. The number of aromatic amines is 1. The molecule has 0 aliphatic carbocycles. The molecule has 3 N–H and O–H groups in total. The molecule has 3 aromatic rings. The third-order valence-corrected chi connectivity index (χ3v) is 4.46. The molecule has 0 saturated heterocycles. The average Bonchev–Trinajstić information content (AvgIpc) is 3.03. The van der Waals surface area contributed by atoms with E-state index in [9.17, 15) is 9.59 Å². The minimum Gasteiger partial charge on any atom is -0.340 e. The highest BCUT2D eigenvalue weighted by atomic mass is 16.2. The molecular formula is C21H24N4O2. The van der Waals surface area contributed by atoms with Crippen LogP contribution in [0.1, 0.15) is 41.3 Å². The number of aromatic nitrogens is 2. The summed E-state index contributed by atoms with van der Waals surface area (Å²) in [5, 5.41) is 5.63. The monoisotopic (exact) mass is 364 g/mol. The minimum absolute atomic E-state index is 0.245. The maximum atomic E-state index is 12.7. The summed E-state index contributed by atoms with van der Waals surface area (Å²) >= 11 is 0. The third-order valence-electron chi connectivity index (χ3n) is 4.46. The first-order chi connectivity index (χ1) is 13.0. The van der Waals surface area contributed by atoms with Gasteiger partial charge in [-0.25, -0.2) is 4.98 Å². The zero-order chi connectivity index (χ0) is 19.4. The first-order valence-electron chi connectivity index (χ1n) is 9.11. The molecule has 27 heavy (non-hydrogen) atoms. The predicted octanol–water partition coefficient (Wildman–Crippen LogP) is 3.72. The Kier molecular flexibility index (Phi) is 5.54. The van der Waals surface area contributed by atoms with Crippen molar-refractivity contribution >= 4 is 28.8 Å². The second-order valence-corrected chi connectivity index (χ2v) is 6.72. The number of rotatable bonds is 6. The van der Waals surface area contributed by atoms with Crippen molar-refractivity contribution in [1.29, 1.82) is 0 Å². The van der Waals surface area contributed by atoms with E-state index in [-0.39, 0.29) is 11.8 Å². The molecule has 6 heteroatoms. The molecule has 2 aromatic carbocycles. The standard InChI is InChI=1S/C21H24N4O2/c1-4-7-18(22-19(26)15-11-10-13(2)12-14(15)3)20(27)25-21-23-16-8-5-6-9-17(16)24-21/h5-6,8-12,18H,4,7H2,1-3H3,(H,22,26)(H2,23,24,25,27). The lowest BCUT2D eigenvalue weighted by molar-refractivity contribution is -0.118. The number of para-hydroxylation sites is 2. The van der Waals surface area contributed by atoms with Crippen molar-refractivity contribution in [3.05, 3.63) is 59.2 Å². The summed E-state index contributed by atoms with van der Waals surface area (Å²) < 4.78 is 0. The van der Waals surface area contributed by atoms with Crippen LogP contribution in [0.5, 0.6) is 0 Å². The molecule has 0 spiro atoms. The van der Waals surface area contributed by atoms with Gasteiger partial charge in [0.2, 0.25) is 11.9 Å². The molecule has 2 amide bonds. The molecule has 0 saturated carbocycles. The Labute approximate surface area is 158 Å². The van der Waals surface area contributed by atoms with Gasteiger partial charge in [-0.05, 0) is 44.0 Å². The van der Waals surface area contributed by atoms with Gasteiger partial charge in [0.25, 0.3) is 5.91 Å². The lowest BCUT2D eigenvalue weighted by Gasteiger charge is -2.18. The van der Waals surface area contributed by atoms with E-state index in [0.717, 1.165) is 28.6 Å². The van der Waals surface area contributed by atoms with Crippen LogP contribution >= 0.6 is 0 Å². The van der Waals surface area contributed by atoms with E-state index >= 15 is 0 Å². The van der Waals surface area contributed by atoms with E-state index in [1.807, 2.05) is 57.2 Å². The Bertz CT molecular complexity index is 944. The Hall–Kier alpha value is -3.15. The van der Waals surface area contributed by atoms with Gasteiger partial charge in [0.1, 0.15) is 6.04 Å². The second-order valence-electron chi connectivity index (χ2n) is 6.72. The summed E-state index contributed by atoms with van der Waals surface area (Å²) in [5.41, 5.74) is 4.19. The van der Waals surface area contributed by atoms with Crippen molar-refractivity contribution in [1.82, 2.24) is 15.3 Å². The molecule has 140 valence electrons. The summed E-state index contributed by atoms with van der Waals surface area (Å²) in [6, 6.07) is 12.6. The van der Waals surface area contributed by atoms with E-state index in [0.29, 0.717) is 17.9 Å². The Morgan fingerprint density at radius 1 is 1.15 bits per heavy atom. The molecule has 1 unspecified atom stereocenters. The number of carbonyl (C=O) groups excluding carboxylic acids is 2. The van der Waals surface area contributed by atoms with Gasteiger partial charge in [-0.1, -0.05) is 43.2 Å². The first-order valence-corrected chi connectivity index (χ1v) is 9.11. The second kappa shape index (κ2) is 8.03. The van der Waals surface area contributed by atoms with Gasteiger partial charge in [0.15, 0.2) is 0 Å². The molecule has 0 aliphatic heterocycles. The van der Waals surface area contributed by atoms with Crippen LogP contribution in [0.4, 0.5) is 5.95 Å². The normalized spacial score (nSPS) is 12.0. The molecule has 0 fully saturated rings. The molecule has 1 heterocycles. The van der Waals surface area contributed by atoms with E-state index < -0.39 is 6.04 Å². The minimum atomic E-state index is -0.628. The quantitative estimate of drug-likeness (QED) is 0.623. The van der Waals surface area contributed by atoms with Crippen LogP contribution in [0.2, 0.25) is 0 Å². The number of hydrogen-bond acceptors (Lipinski definition) is 3. The van der Waals surface area contributed by atoms with Crippen LogP contribution in [0, 0.1) is 13.8 Å². The SMILES string of the molecule is CCCC(NC(=O)c1ccc(C)cc1C)C(=O)Nc1nc2ccccc2[nH]1. The van der Waals surface area contributed by atoms with Gasteiger partial charge in [0, 0.05) is 5.56 Å². The Morgan fingerprint density at radius 3 is 2.63 bits per heavy atom.